The number of carbonyl (C=O) groups excluding carboxylic acids is 1. The molecule has 0 spiro atoms. The molecule has 0 bridgehead atoms. The first-order valence-electron chi connectivity index (χ1n) is 7.27. The van der Waals surface area contributed by atoms with Gasteiger partial charge in [0.15, 0.2) is 5.84 Å². The molecule has 1 fully saturated rings. The van der Waals surface area contributed by atoms with Crippen molar-refractivity contribution in [2.24, 2.45) is 22.2 Å². The Morgan fingerprint density at radius 1 is 1.55 bits per heavy atom. The van der Waals surface area contributed by atoms with E-state index in [2.05, 4.69) is 24.3 Å². The number of rotatable bonds is 7. The third-order valence-electron chi connectivity index (χ3n) is 4.23. The summed E-state index contributed by atoms with van der Waals surface area (Å²) in [5, 5.41) is 14.7. The van der Waals surface area contributed by atoms with Crippen LogP contribution < -0.4 is 11.1 Å². The maximum Gasteiger partial charge on any atom is 0.231 e. The molecule has 20 heavy (non-hydrogen) atoms. The molecule has 1 aliphatic carbocycles. The van der Waals surface area contributed by atoms with E-state index in [9.17, 15) is 4.79 Å². The van der Waals surface area contributed by atoms with Gasteiger partial charge in [0, 0.05) is 18.1 Å². The Bertz CT molecular complexity index is 369. The van der Waals surface area contributed by atoms with E-state index in [1.165, 1.54) is 0 Å². The minimum absolute atomic E-state index is 0.0252. The number of hydrogen-bond acceptors (Lipinski definition) is 4. The van der Waals surface area contributed by atoms with Crippen LogP contribution in [0.15, 0.2) is 5.16 Å². The second-order valence-corrected chi connectivity index (χ2v) is 5.93. The number of nitrogens with two attached hydrogens (primary N) is 1. The average Bonchev–Trinajstić information content (AvgIpc) is 2.42. The van der Waals surface area contributed by atoms with Crippen LogP contribution in [0.1, 0.15) is 47.0 Å². The van der Waals surface area contributed by atoms with Gasteiger partial charge in [-0.2, -0.15) is 0 Å². The van der Waals surface area contributed by atoms with E-state index in [-0.39, 0.29) is 29.3 Å². The molecule has 0 aromatic rings. The van der Waals surface area contributed by atoms with E-state index in [1.54, 1.807) is 0 Å². The van der Waals surface area contributed by atoms with Crippen LogP contribution >= 0.6 is 0 Å². The molecule has 0 saturated heterocycles. The minimum atomic E-state index is -0.563. The Morgan fingerprint density at radius 2 is 2.20 bits per heavy atom. The second kappa shape index (κ2) is 6.92. The largest absolute Gasteiger partial charge is 0.409 e. The lowest BCUT2D eigenvalue weighted by Crippen LogP contribution is -2.63. The van der Waals surface area contributed by atoms with Gasteiger partial charge in [-0.3, -0.25) is 4.79 Å². The number of oxime groups is 1. The van der Waals surface area contributed by atoms with Gasteiger partial charge in [-0.1, -0.05) is 32.3 Å². The number of amides is 1. The summed E-state index contributed by atoms with van der Waals surface area (Å²) in [5.74, 6) is -0.759. The summed E-state index contributed by atoms with van der Waals surface area (Å²) in [7, 11) is 0. The Hall–Kier alpha value is -1.30. The van der Waals surface area contributed by atoms with Gasteiger partial charge < -0.3 is 21.0 Å². The van der Waals surface area contributed by atoms with Gasteiger partial charge in [0.25, 0.3) is 0 Å². The summed E-state index contributed by atoms with van der Waals surface area (Å²) in [6.07, 6.45) is 2.35. The van der Waals surface area contributed by atoms with Gasteiger partial charge in [0.2, 0.25) is 5.91 Å². The van der Waals surface area contributed by atoms with Crippen molar-refractivity contribution in [3.63, 3.8) is 0 Å². The fourth-order valence-corrected chi connectivity index (χ4v) is 2.66. The van der Waals surface area contributed by atoms with Crippen LogP contribution in [0.4, 0.5) is 0 Å². The third-order valence-corrected chi connectivity index (χ3v) is 4.23. The summed E-state index contributed by atoms with van der Waals surface area (Å²) in [5.41, 5.74) is 5.51. The highest BCUT2D eigenvalue weighted by atomic mass is 16.5. The van der Waals surface area contributed by atoms with E-state index >= 15 is 0 Å². The smallest absolute Gasteiger partial charge is 0.231 e. The van der Waals surface area contributed by atoms with Gasteiger partial charge in [-0.15, -0.1) is 0 Å². The van der Waals surface area contributed by atoms with Gasteiger partial charge >= 0.3 is 0 Å². The Morgan fingerprint density at radius 3 is 2.65 bits per heavy atom. The molecular weight excluding hydrogens is 258 g/mol. The molecule has 0 aliphatic heterocycles. The van der Waals surface area contributed by atoms with Crippen molar-refractivity contribution in [3.8, 4) is 0 Å². The highest BCUT2D eigenvalue weighted by molar-refractivity contribution is 6.02. The van der Waals surface area contributed by atoms with Crippen LogP contribution in [-0.4, -0.2) is 35.7 Å². The topological polar surface area (TPSA) is 96.9 Å². The Balaban J connectivity index is 2.62. The lowest BCUT2D eigenvalue weighted by molar-refractivity contribution is -0.138. The molecule has 116 valence electrons. The first kappa shape index (κ1) is 16.8. The fraction of sp³-hybridized carbons (Fsp3) is 0.857. The van der Waals surface area contributed by atoms with Crippen molar-refractivity contribution in [1.29, 1.82) is 0 Å². The van der Waals surface area contributed by atoms with Crippen LogP contribution in [0, 0.1) is 11.3 Å². The summed E-state index contributed by atoms with van der Waals surface area (Å²) in [4.78, 5) is 12.3. The SMILES string of the molecule is CCCC(C(=O)NC1CC(OCC)C1(C)C)C(N)=NO. The molecular formula is C14H27N3O3. The molecule has 4 N–H and O–H groups in total. The zero-order chi connectivity index (χ0) is 15.3. The maximum atomic E-state index is 12.3. The molecule has 0 aromatic heterocycles. The minimum Gasteiger partial charge on any atom is -0.409 e. The van der Waals surface area contributed by atoms with Crippen molar-refractivity contribution in [2.75, 3.05) is 6.61 Å². The van der Waals surface area contributed by atoms with Crippen molar-refractivity contribution >= 4 is 11.7 Å². The van der Waals surface area contributed by atoms with Gasteiger partial charge in [0.1, 0.15) is 0 Å². The molecule has 0 heterocycles. The van der Waals surface area contributed by atoms with Gasteiger partial charge in [-0.05, 0) is 19.8 Å². The molecule has 1 amide bonds. The van der Waals surface area contributed by atoms with Crippen molar-refractivity contribution in [3.05, 3.63) is 0 Å². The van der Waals surface area contributed by atoms with E-state index < -0.39 is 5.92 Å². The Labute approximate surface area is 120 Å². The molecule has 0 aromatic carbocycles. The molecule has 1 aliphatic rings. The van der Waals surface area contributed by atoms with Crippen molar-refractivity contribution < 1.29 is 14.7 Å². The Kier molecular flexibility index (Phi) is 5.80. The lowest BCUT2D eigenvalue weighted by atomic mass is 9.64. The summed E-state index contributed by atoms with van der Waals surface area (Å²) in [6, 6.07) is 0.0670. The summed E-state index contributed by atoms with van der Waals surface area (Å²) in [6.45, 7) is 8.78. The second-order valence-electron chi connectivity index (χ2n) is 5.93. The van der Waals surface area contributed by atoms with Crippen LogP contribution in [-0.2, 0) is 9.53 Å². The van der Waals surface area contributed by atoms with Crippen molar-refractivity contribution in [2.45, 2.75) is 59.1 Å². The highest BCUT2D eigenvalue weighted by Gasteiger charge is 2.50. The molecule has 6 heteroatoms. The van der Waals surface area contributed by atoms with Gasteiger partial charge in [0.05, 0.1) is 12.0 Å². The predicted octanol–water partition coefficient (Wildman–Crippen LogP) is 1.47. The van der Waals surface area contributed by atoms with Gasteiger partial charge in [-0.25, -0.2) is 0 Å². The van der Waals surface area contributed by atoms with E-state index in [0.717, 1.165) is 12.8 Å². The zero-order valence-electron chi connectivity index (χ0n) is 12.8. The van der Waals surface area contributed by atoms with E-state index in [0.29, 0.717) is 13.0 Å². The van der Waals surface area contributed by atoms with E-state index in [4.69, 9.17) is 15.7 Å². The number of amidine groups is 1. The number of ether oxygens (including phenoxy) is 1. The monoisotopic (exact) mass is 285 g/mol. The first-order chi connectivity index (χ1) is 9.38. The van der Waals surface area contributed by atoms with E-state index in [1.807, 2.05) is 13.8 Å². The first-order valence-corrected chi connectivity index (χ1v) is 7.27. The van der Waals surface area contributed by atoms with Crippen LogP contribution in [0.25, 0.3) is 0 Å². The molecule has 6 nitrogen and oxygen atoms in total. The highest BCUT2D eigenvalue weighted by Crippen LogP contribution is 2.42. The maximum absolute atomic E-state index is 12.3. The number of nitrogens with zero attached hydrogens (tertiary/aromatic N) is 1. The standard InChI is InChI=1S/C14H27N3O3/c1-5-7-9(12(15)17-19)13(18)16-10-8-11(20-6-2)14(10,3)4/h9-11,19H,5-8H2,1-4H3,(H2,15,17)(H,16,18). The van der Waals surface area contributed by atoms with Crippen LogP contribution in [0.2, 0.25) is 0 Å². The normalized spacial score (nSPS) is 26.7. The molecule has 3 atom stereocenters. The molecule has 1 rings (SSSR count). The summed E-state index contributed by atoms with van der Waals surface area (Å²) >= 11 is 0. The number of nitrogens with one attached hydrogen (secondary N) is 1. The summed E-state index contributed by atoms with van der Waals surface area (Å²) < 4.78 is 5.64. The van der Waals surface area contributed by atoms with Crippen LogP contribution in [0.3, 0.4) is 0 Å². The quantitative estimate of drug-likeness (QED) is 0.285. The number of carbonyl (C=O) groups is 1. The molecule has 1 saturated carbocycles. The number of hydrogen-bond donors (Lipinski definition) is 3. The van der Waals surface area contributed by atoms with Crippen LogP contribution in [0.5, 0.6) is 0 Å². The van der Waals surface area contributed by atoms with Crippen molar-refractivity contribution in [1.82, 2.24) is 5.32 Å². The molecule has 0 radical (unpaired) electrons. The molecule has 3 unspecified atom stereocenters. The lowest BCUT2D eigenvalue weighted by Gasteiger charge is -2.51. The third kappa shape index (κ3) is 3.42. The fourth-order valence-electron chi connectivity index (χ4n) is 2.66. The average molecular weight is 285 g/mol. The predicted molar refractivity (Wildman–Crippen MR) is 77.5 cm³/mol. The zero-order valence-corrected chi connectivity index (χ0v) is 12.8.